The van der Waals surface area contributed by atoms with Crippen molar-refractivity contribution in [1.82, 2.24) is 15.0 Å². The van der Waals surface area contributed by atoms with Gasteiger partial charge in [-0.25, -0.2) is 4.98 Å². The van der Waals surface area contributed by atoms with E-state index in [0.717, 1.165) is 71.8 Å². The Morgan fingerprint density at radius 2 is 0.962 bits per heavy atom. The van der Waals surface area contributed by atoms with E-state index in [1.807, 2.05) is 78.9 Å². The number of anilines is 3. The third-order valence-electron chi connectivity index (χ3n) is 9.73. The van der Waals surface area contributed by atoms with Crippen molar-refractivity contribution in [3.63, 3.8) is 0 Å². The summed E-state index contributed by atoms with van der Waals surface area (Å²) in [6.45, 7) is 0. The van der Waals surface area contributed by atoms with Gasteiger partial charge in [0.1, 0.15) is 22.3 Å². The highest BCUT2D eigenvalue weighted by molar-refractivity contribution is 7.26. The molecule has 0 spiro atoms. The molecule has 7 aromatic carbocycles. The standard InChI is InChI=1S/C45H26N4O2S/c1-2-11-29(12-3-1)49(35-16-10-20-41-42(35)32-15-6-9-19-40(32)52-41)45-47-43(27-21-23-38-33(25-27)30-13-4-7-17-36(30)50-38)46-44(48-45)28-22-24-39-34(26-28)31-14-5-8-18-37(31)51-39/h1-26H. The van der Waals surface area contributed by atoms with E-state index in [2.05, 4.69) is 83.8 Å². The van der Waals surface area contributed by atoms with Crippen LogP contribution in [0.1, 0.15) is 0 Å². The summed E-state index contributed by atoms with van der Waals surface area (Å²) in [7, 11) is 0. The Kier molecular flexibility index (Phi) is 6.32. The lowest BCUT2D eigenvalue weighted by molar-refractivity contribution is 0.668. The van der Waals surface area contributed by atoms with Crippen LogP contribution in [0.2, 0.25) is 0 Å². The lowest BCUT2D eigenvalue weighted by Gasteiger charge is -2.25. The Morgan fingerprint density at radius 1 is 0.423 bits per heavy atom. The van der Waals surface area contributed by atoms with E-state index in [4.69, 9.17) is 23.8 Å². The minimum absolute atomic E-state index is 0.517. The van der Waals surface area contributed by atoms with Crippen LogP contribution in [-0.2, 0) is 0 Å². The zero-order chi connectivity index (χ0) is 34.2. The van der Waals surface area contributed by atoms with Crippen LogP contribution in [0.4, 0.5) is 17.3 Å². The normalized spacial score (nSPS) is 11.8. The van der Waals surface area contributed by atoms with Crippen LogP contribution in [0, 0.1) is 0 Å². The number of rotatable bonds is 5. The number of nitrogens with zero attached hydrogens (tertiary/aromatic N) is 4. The molecule has 0 saturated heterocycles. The topological polar surface area (TPSA) is 68.2 Å². The third kappa shape index (κ3) is 4.53. The van der Waals surface area contributed by atoms with E-state index in [1.165, 1.54) is 14.8 Å². The van der Waals surface area contributed by atoms with Gasteiger partial charge in [0.2, 0.25) is 5.95 Å². The molecule has 244 valence electrons. The number of benzene rings is 7. The number of aromatic nitrogens is 3. The number of hydrogen-bond acceptors (Lipinski definition) is 7. The number of fused-ring (bicyclic) bond motifs is 9. The van der Waals surface area contributed by atoms with E-state index in [9.17, 15) is 0 Å². The predicted octanol–water partition coefficient (Wildman–Crippen LogP) is 12.8. The molecule has 4 aromatic heterocycles. The van der Waals surface area contributed by atoms with Gasteiger partial charge in [-0.3, -0.25) is 4.90 Å². The van der Waals surface area contributed by atoms with Gasteiger partial charge in [-0.15, -0.1) is 11.3 Å². The molecule has 6 nitrogen and oxygen atoms in total. The Labute approximate surface area is 300 Å². The average molecular weight is 687 g/mol. The van der Waals surface area contributed by atoms with Crippen LogP contribution in [0.5, 0.6) is 0 Å². The largest absolute Gasteiger partial charge is 0.456 e. The summed E-state index contributed by atoms with van der Waals surface area (Å²) >= 11 is 1.79. The maximum Gasteiger partial charge on any atom is 0.238 e. The quantitative estimate of drug-likeness (QED) is 0.179. The van der Waals surface area contributed by atoms with Crippen molar-refractivity contribution in [2.24, 2.45) is 0 Å². The van der Waals surface area contributed by atoms with Crippen LogP contribution in [0.15, 0.2) is 167 Å². The van der Waals surface area contributed by atoms with E-state index < -0.39 is 0 Å². The third-order valence-corrected chi connectivity index (χ3v) is 10.9. The fourth-order valence-corrected chi connectivity index (χ4v) is 8.46. The van der Waals surface area contributed by atoms with E-state index in [0.29, 0.717) is 17.6 Å². The summed E-state index contributed by atoms with van der Waals surface area (Å²) in [4.78, 5) is 17.9. The molecule has 0 aliphatic rings. The number of para-hydroxylation sites is 3. The molecule has 4 heterocycles. The van der Waals surface area contributed by atoms with Crippen LogP contribution < -0.4 is 4.90 Å². The molecule has 0 aliphatic heterocycles. The molecule has 11 aromatic rings. The van der Waals surface area contributed by atoms with Gasteiger partial charge in [-0.2, -0.15) is 9.97 Å². The zero-order valence-electron chi connectivity index (χ0n) is 27.5. The number of thiophene rings is 1. The fraction of sp³-hybridized carbons (Fsp3) is 0. The molecule has 7 heteroatoms. The molecule has 0 fully saturated rings. The van der Waals surface area contributed by atoms with Crippen LogP contribution in [-0.4, -0.2) is 15.0 Å². The molecule has 0 saturated carbocycles. The maximum atomic E-state index is 6.18. The summed E-state index contributed by atoms with van der Waals surface area (Å²) in [5, 5.41) is 6.48. The first-order valence-electron chi connectivity index (χ1n) is 17.1. The van der Waals surface area contributed by atoms with Gasteiger partial charge in [0.05, 0.1) is 5.69 Å². The molecule has 11 rings (SSSR count). The van der Waals surface area contributed by atoms with Gasteiger partial charge < -0.3 is 8.83 Å². The van der Waals surface area contributed by atoms with Crippen LogP contribution in [0.25, 0.3) is 86.8 Å². The van der Waals surface area contributed by atoms with Gasteiger partial charge in [0.25, 0.3) is 0 Å². The molecule has 52 heavy (non-hydrogen) atoms. The highest BCUT2D eigenvalue weighted by Crippen LogP contribution is 2.44. The van der Waals surface area contributed by atoms with Crippen molar-refractivity contribution < 1.29 is 8.83 Å². The molecule has 0 radical (unpaired) electrons. The van der Waals surface area contributed by atoms with Gasteiger partial charge in [-0.1, -0.05) is 78.9 Å². The fourth-order valence-electron chi connectivity index (χ4n) is 7.33. The molecular formula is C45H26N4O2S. The first kappa shape index (κ1) is 29.0. The van der Waals surface area contributed by atoms with Crippen LogP contribution in [0.3, 0.4) is 0 Å². The highest BCUT2D eigenvalue weighted by Gasteiger charge is 2.23. The van der Waals surface area contributed by atoms with Gasteiger partial charge in [0.15, 0.2) is 11.6 Å². The SMILES string of the molecule is c1ccc(N(c2nc(-c3ccc4oc5ccccc5c4c3)nc(-c3ccc4oc5ccccc5c4c3)n2)c2cccc3sc4ccccc4c23)cc1. The molecule has 0 atom stereocenters. The molecule has 0 unspecified atom stereocenters. The van der Waals surface area contributed by atoms with Crippen molar-refractivity contribution in [3.05, 3.63) is 158 Å². The van der Waals surface area contributed by atoms with Crippen LogP contribution >= 0.6 is 11.3 Å². The van der Waals surface area contributed by atoms with E-state index in [1.54, 1.807) is 11.3 Å². The average Bonchev–Trinajstić information content (AvgIpc) is 3.89. The molecule has 0 bridgehead atoms. The lowest BCUT2D eigenvalue weighted by Crippen LogP contribution is -2.15. The second-order valence-corrected chi connectivity index (χ2v) is 13.9. The Balaban J connectivity index is 1.19. The second-order valence-electron chi connectivity index (χ2n) is 12.8. The van der Waals surface area contributed by atoms with Gasteiger partial charge >= 0.3 is 0 Å². The molecule has 0 aliphatic carbocycles. The first-order valence-corrected chi connectivity index (χ1v) is 17.9. The Bertz CT molecular complexity index is 3030. The lowest BCUT2D eigenvalue weighted by atomic mass is 10.1. The molecule has 0 N–H and O–H groups in total. The summed E-state index contributed by atoms with van der Waals surface area (Å²) in [6.07, 6.45) is 0. The Hall–Kier alpha value is -6.83. The summed E-state index contributed by atoms with van der Waals surface area (Å²) in [5.41, 5.74) is 7.00. The van der Waals surface area contributed by atoms with E-state index in [-0.39, 0.29) is 0 Å². The number of hydrogen-bond donors (Lipinski definition) is 0. The summed E-state index contributed by atoms with van der Waals surface area (Å²) < 4.78 is 14.8. The number of furan rings is 2. The summed E-state index contributed by atoms with van der Waals surface area (Å²) in [5.74, 6) is 1.64. The predicted molar refractivity (Wildman–Crippen MR) is 213 cm³/mol. The second kappa shape index (κ2) is 11.3. The highest BCUT2D eigenvalue weighted by atomic mass is 32.1. The zero-order valence-corrected chi connectivity index (χ0v) is 28.3. The molecule has 0 amide bonds. The Morgan fingerprint density at radius 3 is 1.62 bits per heavy atom. The summed E-state index contributed by atoms with van der Waals surface area (Å²) in [6, 6.07) is 53.9. The molecular weight excluding hydrogens is 661 g/mol. The monoisotopic (exact) mass is 686 g/mol. The first-order chi connectivity index (χ1) is 25.7. The minimum Gasteiger partial charge on any atom is -0.456 e. The van der Waals surface area contributed by atoms with Crippen molar-refractivity contribution in [1.29, 1.82) is 0 Å². The van der Waals surface area contributed by atoms with Gasteiger partial charge in [0, 0.05) is 58.5 Å². The van der Waals surface area contributed by atoms with Crippen molar-refractivity contribution in [2.75, 3.05) is 4.90 Å². The van der Waals surface area contributed by atoms with Crippen molar-refractivity contribution >= 4 is 92.7 Å². The van der Waals surface area contributed by atoms with Crippen molar-refractivity contribution in [2.45, 2.75) is 0 Å². The smallest absolute Gasteiger partial charge is 0.238 e. The maximum absolute atomic E-state index is 6.18. The minimum atomic E-state index is 0.517. The van der Waals surface area contributed by atoms with Gasteiger partial charge in [-0.05, 0) is 78.9 Å². The van der Waals surface area contributed by atoms with Crippen molar-refractivity contribution in [3.8, 4) is 22.8 Å². The van der Waals surface area contributed by atoms with E-state index >= 15 is 0 Å².